The lowest BCUT2D eigenvalue weighted by molar-refractivity contribution is 0.690. The van der Waals surface area contributed by atoms with Gasteiger partial charge in [-0.3, -0.25) is 10.1 Å². The summed E-state index contributed by atoms with van der Waals surface area (Å²) >= 11 is 1.45. The van der Waals surface area contributed by atoms with Crippen molar-refractivity contribution in [1.29, 1.82) is 0 Å². The van der Waals surface area contributed by atoms with Crippen LogP contribution in [0.15, 0.2) is 16.2 Å². The first-order valence-electron chi connectivity index (χ1n) is 6.82. The number of nitrogens with two attached hydrogens (primary N) is 1. The lowest BCUT2D eigenvalue weighted by Gasteiger charge is -2.16. The normalized spacial score (nSPS) is 14.7. The number of anilines is 2. The van der Waals surface area contributed by atoms with Crippen LogP contribution in [-0.2, 0) is 7.05 Å². The predicted molar refractivity (Wildman–Crippen MR) is 81.2 cm³/mol. The van der Waals surface area contributed by atoms with E-state index in [0.717, 1.165) is 23.8 Å². The zero-order chi connectivity index (χ0) is 14.8. The van der Waals surface area contributed by atoms with Crippen LogP contribution in [0.5, 0.6) is 0 Å². The van der Waals surface area contributed by atoms with Gasteiger partial charge in [0.2, 0.25) is 17.1 Å². The van der Waals surface area contributed by atoms with Crippen molar-refractivity contribution >= 4 is 23.7 Å². The smallest absolute Gasteiger partial charge is 0.242 e. The fraction of sp³-hybridized carbons (Fsp3) is 0.500. The molecule has 8 nitrogen and oxygen atoms in total. The molecular weight excluding hydrogens is 288 g/mol. The highest BCUT2D eigenvalue weighted by Crippen LogP contribution is 2.27. The van der Waals surface area contributed by atoms with Gasteiger partial charge in [-0.15, -0.1) is 0 Å². The van der Waals surface area contributed by atoms with E-state index in [1.54, 1.807) is 0 Å². The Morgan fingerprint density at radius 1 is 1.24 bits per heavy atom. The molecule has 0 atom stereocenters. The van der Waals surface area contributed by atoms with Gasteiger partial charge in [-0.2, -0.15) is 20.1 Å². The van der Waals surface area contributed by atoms with Crippen molar-refractivity contribution in [1.82, 2.24) is 24.7 Å². The molecule has 0 spiro atoms. The Bertz CT molecular complexity index is 634. The molecule has 2 aromatic rings. The molecule has 0 bridgehead atoms. The molecule has 9 heteroatoms. The molecule has 0 saturated carbocycles. The van der Waals surface area contributed by atoms with Crippen molar-refractivity contribution in [3.63, 3.8) is 0 Å². The zero-order valence-corrected chi connectivity index (χ0v) is 12.9. The minimum absolute atomic E-state index is 0.383. The Kier molecular flexibility index (Phi) is 3.93. The Balaban J connectivity index is 1.90. The molecule has 1 aliphatic heterocycles. The van der Waals surface area contributed by atoms with Gasteiger partial charge in [0, 0.05) is 20.1 Å². The Morgan fingerprint density at radius 2 is 2.00 bits per heavy atom. The summed E-state index contributed by atoms with van der Waals surface area (Å²) in [4.78, 5) is 15.3. The molecule has 0 aliphatic carbocycles. The van der Waals surface area contributed by atoms with Crippen LogP contribution in [0.2, 0.25) is 0 Å². The van der Waals surface area contributed by atoms with Gasteiger partial charge in [-0.1, -0.05) is 0 Å². The molecule has 0 unspecified atom stereocenters. The van der Waals surface area contributed by atoms with E-state index in [0.29, 0.717) is 17.1 Å². The second-order valence-electron chi connectivity index (χ2n) is 4.93. The molecular formula is C12H18N8S. The summed E-state index contributed by atoms with van der Waals surface area (Å²) in [5.41, 5.74) is 3.48. The number of aryl methyl sites for hydroxylation is 2. The van der Waals surface area contributed by atoms with Gasteiger partial charge < -0.3 is 4.90 Å². The fourth-order valence-corrected chi connectivity index (χ4v) is 3.14. The topological polar surface area (TPSA) is 97.8 Å². The lowest BCUT2D eigenvalue weighted by atomic mass is 10.4. The van der Waals surface area contributed by atoms with Gasteiger partial charge in [0.05, 0.1) is 5.69 Å². The van der Waals surface area contributed by atoms with E-state index in [2.05, 4.69) is 30.4 Å². The highest BCUT2D eigenvalue weighted by Gasteiger charge is 2.18. The van der Waals surface area contributed by atoms with Gasteiger partial charge in [-0.05, 0) is 37.6 Å². The minimum Gasteiger partial charge on any atom is -0.341 e. The van der Waals surface area contributed by atoms with Crippen molar-refractivity contribution in [3.05, 3.63) is 11.8 Å². The van der Waals surface area contributed by atoms with Crippen LogP contribution in [0, 0.1) is 6.92 Å². The molecule has 3 N–H and O–H groups in total. The van der Waals surface area contributed by atoms with Crippen molar-refractivity contribution in [3.8, 4) is 0 Å². The van der Waals surface area contributed by atoms with E-state index >= 15 is 0 Å². The SMILES string of the molecule is Cc1cc(Sc2nc(NN)nc(N3CCCC3)n2)n(C)n1. The van der Waals surface area contributed by atoms with Gasteiger partial charge in [0.25, 0.3) is 0 Å². The van der Waals surface area contributed by atoms with Crippen LogP contribution in [0.1, 0.15) is 18.5 Å². The molecule has 0 amide bonds. The molecule has 0 aromatic carbocycles. The quantitative estimate of drug-likeness (QED) is 0.636. The molecule has 3 rings (SSSR count). The second-order valence-corrected chi connectivity index (χ2v) is 5.92. The third kappa shape index (κ3) is 3.08. The average Bonchev–Trinajstić information content (AvgIpc) is 3.09. The minimum atomic E-state index is 0.383. The van der Waals surface area contributed by atoms with Crippen LogP contribution in [0.3, 0.4) is 0 Å². The number of rotatable bonds is 4. The Hall–Kier alpha value is -1.87. The first-order chi connectivity index (χ1) is 10.2. The van der Waals surface area contributed by atoms with Crippen LogP contribution in [-0.4, -0.2) is 37.8 Å². The number of aromatic nitrogens is 5. The number of hydrogen-bond donors (Lipinski definition) is 2. The van der Waals surface area contributed by atoms with Crippen molar-refractivity contribution in [2.45, 2.75) is 29.9 Å². The van der Waals surface area contributed by atoms with E-state index in [1.807, 2.05) is 24.7 Å². The van der Waals surface area contributed by atoms with Gasteiger partial charge in [0.15, 0.2) is 0 Å². The Morgan fingerprint density at radius 3 is 2.62 bits per heavy atom. The summed E-state index contributed by atoms with van der Waals surface area (Å²) < 4.78 is 1.81. The van der Waals surface area contributed by atoms with E-state index in [9.17, 15) is 0 Å². The zero-order valence-electron chi connectivity index (χ0n) is 12.1. The molecule has 1 saturated heterocycles. The maximum atomic E-state index is 5.47. The summed E-state index contributed by atoms with van der Waals surface area (Å²) in [7, 11) is 1.90. The molecule has 1 aliphatic rings. The second kappa shape index (κ2) is 5.86. The van der Waals surface area contributed by atoms with Crippen molar-refractivity contribution < 1.29 is 0 Å². The summed E-state index contributed by atoms with van der Waals surface area (Å²) in [6, 6.07) is 2.00. The molecule has 3 heterocycles. The Labute approximate surface area is 127 Å². The summed E-state index contributed by atoms with van der Waals surface area (Å²) in [5, 5.41) is 5.92. The fourth-order valence-electron chi connectivity index (χ4n) is 2.29. The van der Waals surface area contributed by atoms with Crippen LogP contribution < -0.4 is 16.2 Å². The molecule has 0 radical (unpaired) electrons. The molecule has 2 aromatic heterocycles. The van der Waals surface area contributed by atoms with E-state index < -0.39 is 0 Å². The number of nitrogens with zero attached hydrogens (tertiary/aromatic N) is 6. The average molecular weight is 306 g/mol. The third-order valence-electron chi connectivity index (χ3n) is 3.28. The lowest BCUT2D eigenvalue weighted by Crippen LogP contribution is -2.22. The highest BCUT2D eigenvalue weighted by atomic mass is 32.2. The van der Waals surface area contributed by atoms with Gasteiger partial charge in [-0.25, -0.2) is 5.84 Å². The molecule has 112 valence electrons. The van der Waals surface area contributed by atoms with Gasteiger partial charge >= 0.3 is 0 Å². The first-order valence-corrected chi connectivity index (χ1v) is 7.63. The van der Waals surface area contributed by atoms with Crippen molar-refractivity contribution in [2.75, 3.05) is 23.4 Å². The summed E-state index contributed by atoms with van der Waals surface area (Å²) in [6.45, 7) is 3.91. The maximum absolute atomic E-state index is 5.47. The van der Waals surface area contributed by atoms with Crippen LogP contribution in [0.4, 0.5) is 11.9 Å². The van der Waals surface area contributed by atoms with Crippen LogP contribution >= 0.6 is 11.8 Å². The third-order valence-corrected chi connectivity index (χ3v) is 4.23. The van der Waals surface area contributed by atoms with E-state index in [1.165, 1.54) is 24.6 Å². The summed E-state index contributed by atoms with van der Waals surface area (Å²) in [6.07, 6.45) is 2.33. The predicted octanol–water partition coefficient (Wildman–Crippen LogP) is 0.951. The standard InChI is InChI=1S/C12H18N8S/c1-8-7-9(19(2)18-8)21-12-15-10(17-13)14-11(16-12)20-5-3-4-6-20/h7H,3-6,13H2,1-2H3,(H,14,15,16,17). The number of hydrazine groups is 1. The highest BCUT2D eigenvalue weighted by molar-refractivity contribution is 7.99. The largest absolute Gasteiger partial charge is 0.341 e. The summed E-state index contributed by atoms with van der Waals surface area (Å²) in [5.74, 6) is 6.53. The number of hydrogen-bond acceptors (Lipinski definition) is 8. The number of nitrogens with one attached hydrogen (secondary N) is 1. The molecule has 1 fully saturated rings. The monoisotopic (exact) mass is 306 g/mol. The van der Waals surface area contributed by atoms with Crippen molar-refractivity contribution in [2.24, 2.45) is 12.9 Å². The van der Waals surface area contributed by atoms with E-state index in [4.69, 9.17) is 5.84 Å². The molecule has 21 heavy (non-hydrogen) atoms. The van der Waals surface area contributed by atoms with Gasteiger partial charge in [0.1, 0.15) is 5.03 Å². The van der Waals surface area contributed by atoms with Crippen LogP contribution in [0.25, 0.3) is 0 Å². The maximum Gasteiger partial charge on any atom is 0.242 e. The number of nitrogen functional groups attached to an aromatic ring is 1. The van der Waals surface area contributed by atoms with E-state index in [-0.39, 0.29) is 0 Å². The first kappa shape index (κ1) is 14.1.